The van der Waals surface area contributed by atoms with Crippen LogP contribution in [0.1, 0.15) is 69.2 Å². The van der Waals surface area contributed by atoms with E-state index in [1.54, 1.807) is 0 Å². The Morgan fingerprint density at radius 1 is 1.56 bits per heavy atom. The summed E-state index contributed by atoms with van der Waals surface area (Å²) in [4.78, 5) is 6.06. The molecule has 0 aliphatic heterocycles. The normalized spacial score (nSPS) is 28.8. The monoisotopic (exact) mass is 267 g/mol. The second-order valence-electron chi connectivity index (χ2n) is 5.85. The Balaban J connectivity index is 2.27. The van der Waals surface area contributed by atoms with Crippen molar-refractivity contribution in [1.29, 1.82) is 0 Å². The highest BCUT2D eigenvalue weighted by Gasteiger charge is 2.39. The zero-order valence-corrected chi connectivity index (χ0v) is 12.8. The molecule has 1 heterocycles. The molecular weight excluding hydrogens is 242 g/mol. The molecule has 0 spiro atoms. The van der Waals surface area contributed by atoms with Crippen LogP contribution < -0.4 is 0 Å². The number of aromatic nitrogens is 1. The summed E-state index contributed by atoms with van der Waals surface area (Å²) in [5, 5.41) is 1.21. The van der Waals surface area contributed by atoms with Crippen molar-refractivity contribution in [2.45, 2.75) is 64.9 Å². The Labute approximate surface area is 115 Å². The van der Waals surface area contributed by atoms with E-state index in [1.165, 1.54) is 22.7 Å². The molecule has 0 radical (unpaired) electrons. The van der Waals surface area contributed by atoms with Gasteiger partial charge in [0, 0.05) is 17.7 Å². The Kier molecular flexibility index (Phi) is 4.44. The van der Waals surface area contributed by atoms with Crippen LogP contribution in [0, 0.1) is 5.92 Å². The molecule has 2 atom stereocenters. The van der Waals surface area contributed by atoms with Crippen LogP contribution in [0.5, 0.6) is 0 Å². The molecule has 0 amide bonds. The fraction of sp³-hybridized carbons (Fsp3) is 0.800. The molecule has 1 aromatic rings. The SMILES string of the molecule is CCOC1(c2ncc(C(C)C)s2)CCCC(C)C1. The van der Waals surface area contributed by atoms with Crippen LogP contribution in [0.3, 0.4) is 0 Å². The molecule has 0 saturated heterocycles. The molecule has 3 heteroatoms. The Bertz CT molecular complexity index is 384. The maximum Gasteiger partial charge on any atom is 0.125 e. The van der Waals surface area contributed by atoms with E-state index in [0.29, 0.717) is 5.92 Å². The highest BCUT2D eigenvalue weighted by molar-refractivity contribution is 7.11. The predicted molar refractivity (Wildman–Crippen MR) is 77.1 cm³/mol. The third-order valence-electron chi connectivity index (χ3n) is 3.86. The number of hydrogen-bond donors (Lipinski definition) is 0. The fourth-order valence-electron chi connectivity index (χ4n) is 2.93. The van der Waals surface area contributed by atoms with Gasteiger partial charge in [-0.25, -0.2) is 4.98 Å². The van der Waals surface area contributed by atoms with Gasteiger partial charge in [0.1, 0.15) is 10.6 Å². The van der Waals surface area contributed by atoms with Gasteiger partial charge in [0.05, 0.1) is 0 Å². The van der Waals surface area contributed by atoms with Gasteiger partial charge in [0.25, 0.3) is 0 Å². The summed E-state index contributed by atoms with van der Waals surface area (Å²) >= 11 is 1.85. The van der Waals surface area contributed by atoms with Crippen LogP contribution in [-0.2, 0) is 10.3 Å². The lowest BCUT2D eigenvalue weighted by Crippen LogP contribution is -2.35. The molecule has 1 aromatic heterocycles. The Morgan fingerprint density at radius 3 is 2.89 bits per heavy atom. The van der Waals surface area contributed by atoms with Gasteiger partial charge in [-0.05, 0) is 38.0 Å². The molecule has 0 N–H and O–H groups in total. The topological polar surface area (TPSA) is 22.1 Å². The van der Waals surface area contributed by atoms with Crippen molar-refractivity contribution >= 4 is 11.3 Å². The summed E-state index contributed by atoms with van der Waals surface area (Å²) < 4.78 is 6.17. The molecule has 2 unspecified atom stereocenters. The summed E-state index contributed by atoms with van der Waals surface area (Å²) in [6, 6.07) is 0. The van der Waals surface area contributed by atoms with E-state index in [9.17, 15) is 0 Å². The zero-order valence-electron chi connectivity index (χ0n) is 12.0. The summed E-state index contributed by atoms with van der Waals surface area (Å²) in [7, 11) is 0. The minimum Gasteiger partial charge on any atom is -0.368 e. The van der Waals surface area contributed by atoms with Crippen molar-refractivity contribution in [1.82, 2.24) is 4.98 Å². The Hall–Kier alpha value is -0.410. The van der Waals surface area contributed by atoms with Gasteiger partial charge in [-0.15, -0.1) is 11.3 Å². The van der Waals surface area contributed by atoms with Gasteiger partial charge in [-0.1, -0.05) is 27.2 Å². The smallest absolute Gasteiger partial charge is 0.125 e. The van der Waals surface area contributed by atoms with Crippen LogP contribution in [-0.4, -0.2) is 11.6 Å². The van der Waals surface area contributed by atoms with Crippen molar-refractivity contribution in [2.24, 2.45) is 5.92 Å². The van der Waals surface area contributed by atoms with E-state index in [1.807, 2.05) is 17.5 Å². The van der Waals surface area contributed by atoms with Crippen LogP contribution in [0.25, 0.3) is 0 Å². The highest BCUT2D eigenvalue weighted by Crippen LogP contribution is 2.44. The van der Waals surface area contributed by atoms with Gasteiger partial charge in [0.15, 0.2) is 0 Å². The molecule has 2 nitrogen and oxygen atoms in total. The zero-order chi connectivity index (χ0) is 13.2. The fourth-order valence-corrected chi connectivity index (χ4v) is 4.03. The summed E-state index contributed by atoms with van der Waals surface area (Å²) in [5.41, 5.74) is -0.0930. The number of ether oxygens (including phenoxy) is 1. The van der Waals surface area contributed by atoms with Gasteiger partial charge < -0.3 is 4.74 Å². The molecule has 18 heavy (non-hydrogen) atoms. The summed E-state index contributed by atoms with van der Waals surface area (Å²) in [6.07, 6.45) is 6.90. The van der Waals surface area contributed by atoms with Crippen molar-refractivity contribution < 1.29 is 4.74 Å². The molecular formula is C15H25NOS. The molecule has 0 bridgehead atoms. The maximum absolute atomic E-state index is 6.17. The van der Waals surface area contributed by atoms with Gasteiger partial charge >= 0.3 is 0 Å². The second kappa shape index (κ2) is 5.70. The first kappa shape index (κ1) is 14.0. The van der Waals surface area contributed by atoms with Crippen LogP contribution in [0.4, 0.5) is 0 Å². The molecule has 1 aliphatic carbocycles. The quantitative estimate of drug-likeness (QED) is 0.788. The minimum absolute atomic E-state index is 0.0930. The molecule has 2 rings (SSSR count). The summed E-state index contributed by atoms with van der Waals surface area (Å²) in [6.45, 7) is 9.67. The van der Waals surface area contributed by atoms with Crippen molar-refractivity contribution in [3.8, 4) is 0 Å². The molecule has 1 aliphatic rings. The first-order chi connectivity index (χ1) is 8.57. The predicted octanol–water partition coefficient (Wildman–Crippen LogP) is 4.71. The van der Waals surface area contributed by atoms with Crippen molar-refractivity contribution in [2.75, 3.05) is 6.61 Å². The second-order valence-corrected chi connectivity index (χ2v) is 6.91. The van der Waals surface area contributed by atoms with Crippen LogP contribution in [0.2, 0.25) is 0 Å². The van der Waals surface area contributed by atoms with Crippen molar-refractivity contribution in [3.05, 3.63) is 16.1 Å². The van der Waals surface area contributed by atoms with E-state index in [2.05, 4.69) is 32.7 Å². The molecule has 1 fully saturated rings. The number of nitrogens with zero attached hydrogens (tertiary/aromatic N) is 1. The average Bonchev–Trinajstić information content (AvgIpc) is 2.79. The van der Waals surface area contributed by atoms with Gasteiger partial charge in [-0.3, -0.25) is 0 Å². The first-order valence-corrected chi connectivity index (χ1v) is 7.99. The largest absolute Gasteiger partial charge is 0.368 e. The number of thiazole rings is 1. The van der Waals surface area contributed by atoms with E-state index >= 15 is 0 Å². The van der Waals surface area contributed by atoms with E-state index in [4.69, 9.17) is 4.74 Å². The minimum atomic E-state index is -0.0930. The number of hydrogen-bond acceptors (Lipinski definition) is 3. The standard InChI is InChI=1S/C15H25NOS/c1-5-17-15(8-6-7-12(4)9-15)14-16-10-13(18-14)11(2)3/h10-12H,5-9H2,1-4H3. The Morgan fingerprint density at radius 2 is 2.33 bits per heavy atom. The molecule has 0 aromatic carbocycles. The molecule has 102 valence electrons. The van der Waals surface area contributed by atoms with E-state index in [0.717, 1.165) is 25.4 Å². The van der Waals surface area contributed by atoms with Crippen molar-refractivity contribution in [3.63, 3.8) is 0 Å². The first-order valence-electron chi connectivity index (χ1n) is 7.17. The lowest BCUT2D eigenvalue weighted by atomic mass is 9.79. The molecule has 1 saturated carbocycles. The van der Waals surface area contributed by atoms with Crippen LogP contribution in [0.15, 0.2) is 6.20 Å². The van der Waals surface area contributed by atoms with Crippen LogP contribution >= 0.6 is 11.3 Å². The lowest BCUT2D eigenvalue weighted by Gasteiger charge is -2.38. The highest BCUT2D eigenvalue weighted by atomic mass is 32.1. The maximum atomic E-state index is 6.17. The summed E-state index contributed by atoms with van der Waals surface area (Å²) in [5.74, 6) is 1.31. The van der Waals surface area contributed by atoms with E-state index in [-0.39, 0.29) is 5.60 Å². The third kappa shape index (κ3) is 2.77. The lowest BCUT2D eigenvalue weighted by molar-refractivity contribution is -0.0820. The third-order valence-corrected chi connectivity index (χ3v) is 5.34. The van der Waals surface area contributed by atoms with Gasteiger partial charge in [-0.2, -0.15) is 0 Å². The van der Waals surface area contributed by atoms with Gasteiger partial charge in [0.2, 0.25) is 0 Å². The number of rotatable bonds is 4. The average molecular weight is 267 g/mol. The van der Waals surface area contributed by atoms with E-state index < -0.39 is 0 Å².